The number of fused-ring (bicyclic) bond motifs is 1. The zero-order chi connectivity index (χ0) is 13.2. The third-order valence-corrected chi connectivity index (χ3v) is 2.38. The molecule has 1 heterocycles. The fourth-order valence-electron chi connectivity index (χ4n) is 1.75. The predicted octanol–water partition coefficient (Wildman–Crippen LogP) is 3.41. The van der Waals surface area contributed by atoms with Crippen LogP contribution in [-0.2, 0) is 13.1 Å². The van der Waals surface area contributed by atoms with Crippen LogP contribution >= 0.6 is 0 Å². The van der Waals surface area contributed by atoms with Gasteiger partial charge in [-0.25, -0.2) is 4.98 Å². The van der Waals surface area contributed by atoms with Gasteiger partial charge in [0.2, 0.25) is 0 Å². The molecule has 5 nitrogen and oxygen atoms in total. The van der Waals surface area contributed by atoms with Crippen LogP contribution in [0.1, 0.15) is 5.56 Å². The summed E-state index contributed by atoms with van der Waals surface area (Å²) in [5, 5.41) is 3.37. The minimum Gasteiger partial charge on any atom is -0.321 e. The molecule has 0 saturated heterocycles. The van der Waals surface area contributed by atoms with Crippen LogP contribution in [0, 0.1) is 0 Å². The number of para-hydroxylation sites is 1. The van der Waals surface area contributed by atoms with Crippen LogP contribution in [0.2, 0.25) is 0 Å². The third kappa shape index (κ3) is 2.54. The van der Waals surface area contributed by atoms with Crippen molar-refractivity contribution in [1.29, 1.82) is 0 Å². The summed E-state index contributed by atoms with van der Waals surface area (Å²) in [5.41, 5.74) is 9.58. The van der Waals surface area contributed by atoms with Crippen LogP contribution in [0.4, 0.5) is 13.2 Å². The third-order valence-electron chi connectivity index (χ3n) is 2.38. The first kappa shape index (κ1) is 12.3. The Kier molecular flexibility index (Phi) is 3.12. The smallest absolute Gasteiger partial charge is 0.321 e. The second-order valence-electron chi connectivity index (χ2n) is 3.66. The van der Waals surface area contributed by atoms with Gasteiger partial charge in [0.1, 0.15) is 6.54 Å². The number of hydrogen-bond donors (Lipinski definition) is 0. The summed E-state index contributed by atoms with van der Waals surface area (Å²) in [5.74, 6) is 0. The summed E-state index contributed by atoms with van der Waals surface area (Å²) >= 11 is 0. The molecule has 1 aromatic carbocycles. The molecule has 94 valence electrons. The van der Waals surface area contributed by atoms with Crippen molar-refractivity contribution in [2.45, 2.75) is 19.3 Å². The van der Waals surface area contributed by atoms with Crippen LogP contribution in [0.15, 0.2) is 29.6 Å². The summed E-state index contributed by atoms with van der Waals surface area (Å²) in [6.45, 7) is -1.12. The van der Waals surface area contributed by atoms with Crippen LogP contribution in [0.25, 0.3) is 21.5 Å². The SMILES string of the molecule is [N-]=[N+]=NCc1cccc2ncn(CC(F)(F)F)c12. The summed E-state index contributed by atoms with van der Waals surface area (Å²) in [4.78, 5) is 6.50. The minimum atomic E-state index is -4.32. The topological polar surface area (TPSA) is 66.6 Å². The van der Waals surface area contributed by atoms with E-state index in [2.05, 4.69) is 15.0 Å². The first-order valence-corrected chi connectivity index (χ1v) is 5.01. The van der Waals surface area contributed by atoms with Crippen molar-refractivity contribution >= 4 is 11.0 Å². The predicted molar refractivity (Wildman–Crippen MR) is 58.6 cm³/mol. The van der Waals surface area contributed by atoms with Crippen molar-refractivity contribution < 1.29 is 13.2 Å². The van der Waals surface area contributed by atoms with Gasteiger partial charge in [0.15, 0.2) is 0 Å². The quantitative estimate of drug-likeness (QED) is 0.470. The molecule has 0 aliphatic heterocycles. The molecular weight excluding hydrogens is 247 g/mol. The van der Waals surface area contributed by atoms with Gasteiger partial charge in [-0.15, -0.1) is 0 Å². The van der Waals surface area contributed by atoms with Crippen molar-refractivity contribution in [3.8, 4) is 0 Å². The molecule has 0 radical (unpaired) electrons. The zero-order valence-corrected chi connectivity index (χ0v) is 9.09. The van der Waals surface area contributed by atoms with E-state index < -0.39 is 12.7 Å². The van der Waals surface area contributed by atoms with E-state index in [9.17, 15) is 13.2 Å². The van der Waals surface area contributed by atoms with Gasteiger partial charge in [-0.1, -0.05) is 17.2 Å². The molecule has 0 aliphatic rings. The summed E-state index contributed by atoms with van der Waals surface area (Å²) in [7, 11) is 0. The number of benzene rings is 1. The molecule has 1 aromatic heterocycles. The molecule has 8 heteroatoms. The fraction of sp³-hybridized carbons (Fsp3) is 0.300. The molecule has 2 rings (SSSR count). The Morgan fingerprint density at radius 3 is 2.83 bits per heavy atom. The maximum Gasteiger partial charge on any atom is 0.406 e. The lowest BCUT2D eigenvalue weighted by Crippen LogP contribution is -2.17. The van der Waals surface area contributed by atoms with Gasteiger partial charge in [-0.2, -0.15) is 13.2 Å². The van der Waals surface area contributed by atoms with Gasteiger partial charge in [0, 0.05) is 4.91 Å². The number of aromatic nitrogens is 2. The monoisotopic (exact) mass is 255 g/mol. The van der Waals surface area contributed by atoms with Gasteiger partial charge in [0.05, 0.1) is 23.9 Å². The second kappa shape index (κ2) is 4.58. The van der Waals surface area contributed by atoms with E-state index in [0.717, 1.165) is 10.9 Å². The largest absolute Gasteiger partial charge is 0.406 e. The van der Waals surface area contributed by atoms with Gasteiger partial charge in [-0.05, 0) is 17.2 Å². The lowest BCUT2D eigenvalue weighted by Gasteiger charge is -2.09. The fourth-order valence-corrected chi connectivity index (χ4v) is 1.75. The first-order valence-electron chi connectivity index (χ1n) is 5.01. The van der Waals surface area contributed by atoms with E-state index in [1.54, 1.807) is 18.2 Å². The summed E-state index contributed by atoms with van der Waals surface area (Å²) in [6.07, 6.45) is -3.18. The van der Waals surface area contributed by atoms with E-state index >= 15 is 0 Å². The average Bonchev–Trinajstić information content (AvgIpc) is 2.68. The maximum atomic E-state index is 12.4. The lowest BCUT2D eigenvalue weighted by atomic mass is 10.2. The number of azide groups is 1. The number of alkyl halides is 3. The zero-order valence-electron chi connectivity index (χ0n) is 9.09. The average molecular weight is 255 g/mol. The second-order valence-corrected chi connectivity index (χ2v) is 3.66. The standard InChI is InChI=1S/C10H8F3N5/c11-10(12,13)5-18-6-15-8-3-1-2-7(9(8)18)4-16-17-14/h1-3,6H,4-5H2. The minimum absolute atomic E-state index is 0.00259. The van der Waals surface area contributed by atoms with E-state index in [-0.39, 0.29) is 6.54 Å². The Morgan fingerprint density at radius 1 is 1.39 bits per heavy atom. The van der Waals surface area contributed by atoms with E-state index in [1.165, 1.54) is 0 Å². The van der Waals surface area contributed by atoms with E-state index in [4.69, 9.17) is 5.53 Å². The molecule has 0 amide bonds. The van der Waals surface area contributed by atoms with Crippen LogP contribution < -0.4 is 0 Å². The Bertz CT molecular complexity index is 609. The lowest BCUT2D eigenvalue weighted by molar-refractivity contribution is -0.139. The molecule has 0 atom stereocenters. The van der Waals surface area contributed by atoms with Gasteiger partial charge in [-0.3, -0.25) is 0 Å². The number of rotatable bonds is 3. The summed E-state index contributed by atoms with van der Waals surface area (Å²) < 4.78 is 38.2. The first-order chi connectivity index (χ1) is 8.51. The highest BCUT2D eigenvalue weighted by atomic mass is 19.4. The highest BCUT2D eigenvalue weighted by molar-refractivity contribution is 5.79. The van der Waals surface area contributed by atoms with Gasteiger partial charge >= 0.3 is 6.18 Å². The van der Waals surface area contributed by atoms with Crippen molar-refractivity contribution in [2.75, 3.05) is 0 Å². The number of halogens is 3. The Labute approximate surface area is 99.5 Å². The highest BCUT2D eigenvalue weighted by Crippen LogP contribution is 2.24. The molecule has 2 aromatic rings. The van der Waals surface area contributed by atoms with Crippen molar-refractivity contribution in [3.63, 3.8) is 0 Å². The Balaban J connectivity index is 2.51. The number of imidazole rings is 1. The molecule has 18 heavy (non-hydrogen) atoms. The van der Waals surface area contributed by atoms with E-state index in [0.29, 0.717) is 16.6 Å². The molecule has 0 N–H and O–H groups in total. The van der Waals surface area contributed by atoms with Gasteiger partial charge < -0.3 is 4.57 Å². The molecule has 0 unspecified atom stereocenters. The summed E-state index contributed by atoms with van der Waals surface area (Å²) in [6, 6.07) is 4.89. The molecular formula is C10H8F3N5. The maximum absolute atomic E-state index is 12.4. The number of nitrogens with zero attached hydrogens (tertiary/aromatic N) is 5. The molecule has 0 fully saturated rings. The number of hydrogen-bond acceptors (Lipinski definition) is 2. The Hall–Kier alpha value is -2.21. The van der Waals surface area contributed by atoms with Gasteiger partial charge in [0.25, 0.3) is 0 Å². The molecule has 0 aliphatic carbocycles. The molecule has 0 saturated carbocycles. The molecule has 0 bridgehead atoms. The normalized spacial score (nSPS) is 11.5. The van der Waals surface area contributed by atoms with Crippen LogP contribution in [-0.4, -0.2) is 15.7 Å². The molecule has 0 spiro atoms. The van der Waals surface area contributed by atoms with Crippen molar-refractivity contribution in [3.05, 3.63) is 40.5 Å². The highest BCUT2D eigenvalue weighted by Gasteiger charge is 2.28. The van der Waals surface area contributed by atoms with Crippen molar-refractivity contribution in [1.82, 2.24) is 9.55 Å². The van der Waals surface area contributed by atoms with E-state index in [1.807, 2.05) is 0 Å². The Morgan fingerprint density at radius 2 is 2.17 bits per heavy atom. The van der Waals surface area contributed by atoms with Crippen LogP contribution in [0.3, 0.4) is 0 Å². The van der Waals surface area contributed by atoms with Crippen LogP contribution in [0.5, 0.6) is 0 Å². The van der Waals surface area contributed by atoms with Crippen molar-refractivity contribution in [2.24, 2.45) is 5.11 Å².